The van der Waals surface area contributed by atoms with E-state index in [4.69, 9.17) is 5.26 Å². The SMILES string of the molecule is C[C@@H](C(=O)Nc1cccc(C#N)c1)N1CCN(Cc2cccc(C(F)(F)F)c2)CC1. The van der Waals surface area contributed by atoms with Crippen LogP contribution in [0.1, 0.15) is 23.6 Å². The summed E-state index contributed by atoms with van der Waals surface area (Å²) in [5, 5.41) is 11.8. The van der Waals surface area contributed by atoms with Gasteiger partial charge in [-0.05, 0) is 36.8 Å². The number of nitrogens with one attached hydrogen (secondary N) is 1. The van der Waals surface area contributed by atoms with Gasteiger partial charge in [-0.3, -0.25) is 14.6 Å². The molecular formula is C22H23F3N4O. The third-order valence-electron chi connectivity index (χ3n) is 5.25. The van der Waals surface area contributed by atoms with Gasteiger partial charge in [0.05, 0.1) is 23.2 Å². The predicted octanol–water partition coefficient (Wildman–Crippen LogP) is 3.72. The Bertz CT molecular complexity index is 930. The van der Waals surface area contributed by atoms with Gasteiger partial charge in [0.2, 0.25) is 5.91 Å². The lowest BCUT2D eigenvalue weighted by Crippen LogP contribution is -2.52. The largest absolute Gasteiger partial charge is 0.416 e. The van der Waals surface area contributed by atoms with Crippen molar-refractivity contribution in [3.8, 4) is 6.07 Å². The molecule has 0 bridgehead atoms. The van der Waals surface area contributed by atoms with Crippen molar-refractivity contribution in [1.29, 1.82) is 5.26 Å². The molecule has 1 atom stereocenters. The molecule has 0 saturated carbocycles. The van der Waals surface area contributed by atoms with E-state index in [-0.39, 0.29) is 11.9 Å². The third kappa shape index (κ3) is 5.59. The fourth-order valence-corrected chi connectivity index (χ4v) is 3.49. The number of amides is 1. The molecule has 1 aliphatic rings. The third-order valence-corrected chi connectivity index (χ3v) is 5.25. The molecule has 1 fully saturated rings. The van der Waals surface area contributed by atoms with Crippen LogP contribution in [-0.4, -0.2) is 47.9 Å². The van der Waals surface area contributed by atoms with Crippen LogP contribution in [0, 0.1) is 11.3 Å². The van der Waals surface area contributed by atoms with Gasteiger partial charge in [-0.1, -0.05) is 24.3 Å². The first kappa shape index (κ1) is 21.8. The molecule has 0 radical (unpaired) electrons. The van der Waals surface area contributed by atoms with Gasteiger partial charge in [-0.2, -0.15) is 18.4 Å². The number of anilines is 1. The summed E-state index contributed by atoms with van der Waals surface area (Å²) in [5.74, 6) is -0.156. The molecule has 2 aromatic rings. The lowest BCUT2D eigenvalue weighted by molar-refractivity contribution is -0.137. The van der Waals surface area contributed by atoms with Crippen LogP contribution in [0.4, 0.5) is 18.9 Å². The summed E-state index contributed by atoms with van der Waals surface area (Å²) in [6, 6.07) is 13.8. The fourth-order valence-electron chi connectivity index (χ4n) is 3.49. The lowest BCUT2D eigenvalue weighted by atomic mass is 10.1. The molecule has 0 spiro atoms. The van der Waals surface area contributed by atoms with E-state index in [1.54, 1.807) is 30.3 Å². The van der Waals surface area contributed by atoms with E-state index in [9.17, 15) is 18.0 Å². The number of carbonyl (C=O) groups is 1. The highest BCUT2D eigenvalue weighted by Gasteiger charge is 2.31. The van der Waals surface area contributed by atoms with Crippen LogP contribution in [0.2, 0.25) is 0 Å². The van der Waals surface area contributed by atoms with Crippen LogP contribution in [0.25, 0.3) is 0 Å². The molecule has 1 heterocycles. The number of nitrogens with zero attached hydrogens (tertiary/aromatic N) is 3. The van der Waals surface area contributed by atoms with E-state index >= 15 is 0 Å². The molecule has 0 aromatic heterocycles. The van der Waals surface area contributed by atoms with E-state index in [1.165, 1.54) is 12.1 Å². The summed E-state index contributed by atoms with van der Waals surface area (Å²) in [6.07, 6.45) is -4.34. The first-order valence-electron chi connectivity index (χ1n) is 9.70. The number of piperazine rings is 1. The highest BCUT2D eigenvalue weighted by atomic mass is 19.4. The van der Waals surface area contributed by atoms with Crippen LogP contribution in [0.5, 0.6) is 0 Å². The minimum Gasteiger partial charge on any atom is -0.325 e. The monoisotopic (exact) mass is 416 g/mol. The van der Waals surface area contributed by atoms with Crippen molar-refractivity contribution in [3.05, 3.63) is 65.2 Å². The minimum absolute atomic E-state index is 0.156. The van der Waals surface area contributed by atoms with Crippen molar-refractivity contribution in [2.24, 2.45) is 0 Å². The fraction of sp³-hybridized carbons (Fsp3) is 0.364. The Morgan fingerprint density at radius 1 is 1.13 bits per heavy atom. The van der Waals surface area contributed by atoms with Gasteiger partial charge in [0.1, 0.15) is 0 Å². The minimum atomic E-state index is -4.34. The zero-order chi connectivity index (χ0) is 21.7. The Labute approximate surface area is 173 Å². The van der Waals surface area contributed by atoms with Crippen LogP contribution < -0.4 is 5.32 Å². The van der Waals surface area contributed by atoms with Crippen LogP contribution in [0.15, 0.2) is 48.5 Å². The summed E-state index contributed by atoms with van der Waals surface area (Å²) in [4.78, 5) is 16.7. The molecule has 3 rings (SSSR count). The quantitative estimate of drug-likeness (QED) is 0.807. The molecular weight excluding hydrogens is 393 g/mol. The average molecular weight is 416 g/mol. The molecule has 8 heteroatoms. The van der Waals surface area contributed by atoms with Gasteiger partial charge >= 0.3 is 6.18 Å². The molecule has 5 nitrogen and oxygen atoms in total. The Morgan fingerprint density at radius 2 is 1.83 bits per heavy atom. The Hall–Kier alpha value is -2.89. The maximum absolute atomic E-state index is 12.9. The Morgan fingerprint density at radius 3 is 2.50 bits per heavy atom. The number of benzene rings is 2. The number of nitriles is 1. The zero-order valence-corrected chi connectivity index (χ0v) is 16.6. The predicted molar refractivity (Wildman–Crippen MR) is 108 cm³/mol. The highest BCUT2D eigenvalue weighted by molar-refractivity contribution is 5.94. The van der Waals surface area contributed by atoms with Crippen molar-refractivity contribution in [2.75, 3.05) is 31.5 Å². The number of halogens is 3. The molecule has 1 aliphatic heterocycles. The van der Waals surface area contributed by atoms with Crippen molar-refractivity contribution in [1.82, 2.24) is 9.80 Å². The lowest BCUT2D eigenvalue weighted by Gasteiger charge is -2.37. The van der Waals surface area contributed by atoms with E-state index < -0.39 is 11.7 Å². The molecule has 0 aliphatic carbocycles. The zero-order valence-electron chi connectivity index (χ0n) is 16.6. The smallest absolute Gasteiger partial charge is 0.325 e. The van der Waals surface area contributed by atoms with Crippen LogP contribution >= 0.6 is 0 Å². The maximum Gasteiger partial charge on any atom is 0.416 e. The molecule has 0 unspecified atom stereocenters. The summed E-state index contributed by atoms with van der Waals surface area (Å²) >= 11 is 0. The standard InChI is InChI=1S/C22H23F3N4O/c1-16(21(30)27-20-7-3-4-17(13-20)14-26)29-10-8-28(9-11-29)15-18-5-2-6-19(12-18)22(23,24)25/h2-7,12-13,16H,8-11,15H2,1H3,(H,27,30)/t16-/m0/s1. The van der Waals surface area contributed by atoms with E-state index in [0.29, 0.717) is 49.5 Å². The second-order valence-electron chi connectivity index (χ2n) is 7.37. The Balaban J connectivity index is 1.52. The summed E-state index contributed by atoms with van der Waals surface area (Å²) in [5.41, 5.74) is 1.04. The number of hydrogen-bond acceptors (Lipinski definition) is 4. The molecule has 1 amide bonds. The summed E-state index contributed by atoms with van der Waals surface area (Å²) in [6.45, 7) is 4.89. The van der Waals surface area contributed by atoms with E-state index in [1.807, 2.05) is 17.9 Å². The molecule has 1 saturated heterocycles. The van der Waals surface area contributed by atoms with Gasteiger partial charge in [0, 0.05) is 38.4 Å². The van der Waals surface area contributed by atoms with Crippen molar-refractivity contribution < 1.29 is 18.0 Å². The van der Waals surface area contributed by atoms with Crippen molar-refractivity contribution >= 4 is 11.6 Å². The van der Waals surface area contributed by atoms with Crippen LogP contribution in [0.3, 0.4) is 0 Å². The number of alkyl halides is 3. The topological polar surface area (TPSA) is 59.4 Å². The number of rotatable bonds is 5. The van der Waals surface area contributed by atoms with Gasteiger partial charge in [-0.15, -0.1) is 0 Å². The van der Waals surface area contributed by atoms with Crippen molar-refractivity contribution in [2.45, 2.75) is 25.7 Å². The number of carbonyl (C=O) groups excluding carboxylic acids is 1. The van der Waals surface area contributed by atoms with Gasteiger partial charge in [-0.25, -0.2) is 0 Å². The van der Waals surface area contributed by atoms with Gasteiger partial charge < -0.3 is 5.32 Å². The first-order valence-corrected chi connectivity index (χ1v) is 9.70. The molecule has 2 aromatic carbocycles. The second kappa shape index (κ2) is 9.28. The van der Waals surface area contributed by atoms with E-state index in [0.717, 1.165) is 6.07 Å². The van der Waals surface area contributed by atoms with E-state index in [2.05, 4.69) is 10.2 Å². The van der Waals surface area contributed by atoms with Gasteiger partial charge in [0.25, 0.3) is 0 Å². The van der Waals surface area contributed by atoms with Gasteiger partial charge in [0.15, 0.2) is 0 Å². The Kier molecular flexibility index (Phi) is 6.75. The highest BCUT2D eigenvalue weighted by Crippen LogP contribution is 2.29. The average Bonchev–Trinajstić information content (AvgIpc) is 2.73. The molecule has 30 heavy (non-hydrogen) atoms. The summed E-state index contributed by atoms with van der Waals surface area (Å²) in [7, 11) is 0. The molecule has 1 N–H and O–H groups in total. The van der Waals surface area contributed by atoms with Crippen LogP contribution in [-0.2, 0) is 17.5 Å². The van der Waals surface area contributed by atoms with Crippen molar-refractivity contribution in [3.63, 3.8) is 0 Å². The normalized spacial score (nSPS) is 16.6. The summed E-state index contributed by atoms with van der Waals surface area (Å²) < 4.78 is 38.7. The second-order valence-corrected chi connectivity index (χ2v) is 7.37. The maximum atomic E-state index is 12.9. The first-order chi connectivity index (χ1) is 14.3. The molecule has 158 valence electrons. The number of hydrogen-bond donors (Lipinski definition) is 1.